The van der Waals surface area contributed by atoms with Crippen molar-refractivity contribution in [2.24, 2.45) is 5.92 Å². The van der Waals surface area contributed by atoms with E-state index in [4.69, 9.17) is 5.26 Å². The van der Waals surface area contributed by atoms with E-state index in [1.54, 1.807) is 24.3 Å². The minimum absolute atomic E-state index is 0.0800. The Labute approximate surface area is 112 Å². The number of benzene rings is 1. The molecule has 0 aliphatic carbocycles. The summed E-state index contributed by atoms with van der Waals surface area (Å²) < 4.78 is 0. The van der Waals surface area contributed by atoms with Gasteiger partial charge in [-0.3, -0.25) is 9.59 Å². The van der Waals surface area contributed by atoms with Crippen molar-refractivity contribution >= 4 is 23.2 Å². The topological polar surface area (TPSA) is 82.0 Å². The van der Waals surface area contributed by atoms with Gasteiger partial charge in [0.05, 0.1) is 6.07 Å². The molecule has 19 heavy (non-hydrogen) atoms. The maximum atomic E-state index is 11.7. The van der Waals surface area contributed by atoms with E-state index < -0.39 is 0 Å². The number of nitriles is 1. The van der Waals surface area contributed by atoms with Crippen LogP contribution in [0.15, 0.2) is 18.2 Å². The van der Waals surface area contributed by atoms with Gasteiger partial charge in [-0.1, -0.05) is 19.9 Å². The summed E-state index contributed by atoms with van der Waals surface area (Å²) in [5, 5.41) is 13.8. The first kappa shape index (κ1) is 14.7. The molecule has 1 rings (SSSR count). The van der Waals surface area contributed by atoms with Crippen molar-refractivity contribution < 1.29 is 9.59 Å². The SMILES string of the molecule is Cc1ccc(NC(=O)CC#N)cc1NC(=O)C(C)C. The van der Waals surface area contributed by atoms with Crippen LogP contribution in [0, 0.1) is 24.2 Å². The predicted molar refractivity (Wildman–Crippen MR) is 73.5 cm³/mol. The Hall–Kier alpha value is -2.35. The number of anilines is 2. The molecule has 5 nitrogen and oxygen atoms in total. The summed E-state index contributed by atoms with van der Waals surface area (Å²) in [7, 11) is 0. The van der Waals surface area contributed by atoms with Gasteiger partial charge < -0.3 is 10.6 Å². The first-order valence-electron chi connectivity index (χ1n) is 6.02. The Balaban J connectivity index is 2.86. The highest BCUT2D eigenvalue weighted by atomic mass is 16.2. The third-order valence-electron chi connectivity index (χ3n) is 2.54. The second-order valence-corrected chi connectivity index (χ2v) is 4.56. The molecule has 0 bridgehead atoms. The Kier molecular flexibility index (Phi) is 5.07. The average Bonchev–Trinajstić information content (AvgIpc) is 2.33. The van der Waals surface area contributed by atoms with Crippen molar-refractivity contribution in [3.8, 4) is 6.07 Å². The Morgan fingerprint density at radius 2 is 2.00 bits per heavy atom. The van der Waals surface area contributed by atoms with E-state index in [9.17, 15) is 9.59 Å². The summed E-state index contributed by atoms with van der Waals surface area (Å²) in [5.41, 5.74) is 2.13. The molecule has 0 saturated heterocycles. The van der Waals surface area contributed by atoms with E-state index in [0.29, 0.717) is 11.4 Å². The lowest BCUT2D eigenvalue weighted by Gasteiger charge is -2.12. The average molecular weight is 259 g/mol. The Bertz CT molecular complexity index is 530. The zero-order chi connectivity index (χ0) is 14.4. The van der Waals surface area contributed by atoms with Crippen molar-refractivity contribution in [2.75, 3.05) is 10.6 Å². The highest BCUT2D eigenvalue weighted by molar-refractivity contribution is 5.95. The fraction of sp³-hybridized carbons (Fsp3) is 0.357. The van der Waals surface area contributed by atoms with Crippen LogP contribution in [0.25, 0.3) is 0 Å². The lowest BCUT2D eigenvalue weighted by atomic mass is 10.1. The molecule has 0 unspecified atom stereocenters. The van der Waals surface area contributed by atoms with Crippen LogP contribution in [0.5, 0.6) is 0 Å². The maximum absolute atomic E-state index is 11.7. The molecule has 0 radical (unpaired) electrons. The zero-order valence-electron chi connectivity index (χ0n) is 11.3. The third kappa shape index (κ3) is 4.43. The van der Waals surface area contributed by atoms with Gasteiger partial charge in [-0.25, -0.2) is 0 Å². The van der Waals surface area contributed by atoms with Gasteiger partial charge in [-0.15, -0.1) is 0 Å². The lowest BCUT2D eigenvalue weighted by molar-refractivity contribution is -0.119. The van der Waals surface area contributed by atoms with Crippen LogP contribution in [0.2, 0.25) is 0 Å². The Morgan fingerprint density at radius 3 is 2.58 bits per heavy atom. The summed E-state index contributed by atoms with van der Waals surface area (Å²) in [5.74, 6) is -0.563. The Morgan fingerprint density at radius 1 is 1.32 bits per heavy atom. The van der Waals surface area contributed by atoms with E-state index in [-0.39, 0.29) is 24.2 Å². The van der Waals surface area contributed by atoms with Crippen molar-refractivity contribution in [1.29, 1.82) is 5.26 Å². The molecule has 1 aromatic rings. The van der Waals surface area contributed by atoms with Crippen LogP contribution in [-0.4, -0.2) is 11.8 Å². The summed E-state index contributed by atoms with van der Waals surface area (Å²) in [6.45, 7) is 5.49. The van der Waals surface area contributed by atoms with Crippen molar-refractivity contribution in [2.45, 2.75) is 27.2 Å². The van der Waals surface area contributed by atoms with Crippen molar-refractivity contribution in [3.05, 3.63) is 23.8 Å². The number of nitrogens with one attached hydrogen (secondary N) is 2. The van der Waals surface area contributed by atoms with Crippen LogP contribution in [0.4, 0.5) is 11.4 Å². The minimum Gasteiger partial charge on any atom is -0.326 e. The summed E-state index contributed by atoms with van der Waals surface area (Å²) in [6, 6.07) is 7.00. The third-order valence-corrected chi connectivity index (χ3v) is 2.54. The summed E-state index contributed by atoms with van der Waals surface area (Å²) in [6.07, 6.45) is -0.193. The van der Waals surface area contributed by atoms with Gasteiger partial charge in [-0.05, 0) is 24.6 Å². The molecule has 0 aliphatic heterocycles. The standard InChI is InChI=1S/C14H17N3O2/c1-9(2)14(19)17-12-8-11(5-4-10(12)3)16-13(18)6-7-15/h4-5,8-9H,6H2,1-3H3,(H,16,18)(H,17,19). The smallest absolute Gasteiger partial charge is 0.238 e. The largest absolute Gasteiger partial charge is 0.326 e. The molecule has 100 valence electrons. The number of rotatable bonds is 4. The van der Waals surface area contributed by atoms with Gasteiger partial charge in [0.1, 0.15) is 6.42 Å². The van der Waals surface area contributed by atoms with Gasteiger partial charge in [0.15, 0.2) is 0 Å². The van der Waals surface area contributed by atoms with E-state index in [1.165, 1.54) is 0 Å². The number of nitrogens with zero attached hydrogens (tertiary/aromatic N) is 1. The molecule has 0 saturated carbocycles. The quantitative estimate of drug-likeness (QED) is 0.871. The molecule has 2 amide bonds. The lowest BCUT2D eigenvalue weighted by Crippen LogP contribution is -2.18. The normalized spacial score (nSPS) is 9.84. The molecule has 0 atom stereocenters. The van der Waals surface area contributed by atoms with E-state index in [1.807, 2.05) is 20.8 Å². The first-order valence-corrected chi connectivity index (χ1v) is 6.02. The first-order chi connectivity index (χ1) is 8.93. The second-order valence-electron chi connectivity index (χ2n) is 4.56. The molecule has 0 aromatic heterocycles. The number of carbonyl (C=O) groups excluding carboxylic acids is 2. The monoisotopic (exact) mass is 259 g/mol. The number of hydrogen-bond donors (Lipinski definition) is 2. The number of aryl methyl sites for hydroxylation is 1. The fourth-order valence-corrected chi connectivity index (χ4v) is 1.39. The number of hydrogen-bond acceptors (Lipinski definition) is 3. The van der Waals surface area contributed by atoms with Crippen LogP contribution in [-0.2, 0) is 9.59 Å². The van der Waals surface area contributed by atoms with Gasteiger partial charge in [0.25, 0.3) is 0 Å². The molecule has 2 N–H and O–H groups in total. The number of carbonyl (C=O) groups is 2. The van der Waals surface area contributed by atoms with Gasteiger partial charge >= 0.3 is 0 Å². The molecule has 0 heterocycles. The van der Waals surface area contributed by atoms with E-state index in [2.05, 4.69) is 10.6 Å². The van der Waals surface area contributed by atoms with Crippen LogP contribution in [0.3, 0.4) is 0 Å². The molecule has 5 heteroatoms. The highest BCUT2D eigenvalue weighted by Gasteiger charge is 2.10. The zero-order valence-corrected chi connectivity index (χ0v) is 11.3. The molecule has 0 fully saturated rings. The van der Waals surface area contributed by atoms with E-state index in [0.717, 1.165) is 5.56 Å². The predicted octanol–water partition coefficient (Wildman–Crippen LogP) is 2.44. The van der Waals surface area contributed by atoms with Crippen LogP contribution >= 0.6 is 0 Å². The van der Waals surface area contributed by atoms with Gasteiger partial charge in [0.2, 0.25) is 11.8 Å². The van der Waals surface area contributed by atoms with Crippen molar-refractivity contribution in [1.82, 2.24) is 0 Å². The summed E-state index contributed by atoms with van der Waals surface area (Å²) in [4.78, 5) is 23.0. The van der Waals surface area contributed by atoms with Gasteiger partial charge in [0, 0.05) is 17.3 Å². The van der Waals surface area contributed by atoms with Crippen LogP contribution < -0.4 is 10.6 Å². The second kappa shape index (κ2) is 6.55. The molecule has 0 aliphatic rings. The maximum Gasteiger partial charge on any atom is 0.238 e. The fourth-order valence-electron chi connectivity index (χ4n) is 1.39. The molecular weight excluding hydrogens is 242 g/mol. The highest BCUT2D eigenvalue weighted by Crippen LogP contribution is 2.21. The molecule has 1 aromatic carbocycles. The molecular formula is C14H17N3O2. The molecule has 0 spiro atoms. The van der Waals surface area contributed by atoms with Crippen LogP contribution in [0.1, 0.15) is 25.8 Å². The van der Waals surface area contributed by atoms with Crippen molar-refractivity contribution in [3.63, 3.8) is 0 Å². The van der Waals surface area contributed by atoms with E-state index >= 15 is 0 Å². The van der Waals surface area contributed by atoms with Gasteiger partial charge in [-0.2, -0.15) is 5.26 Å². The number of amides is 2. The summed E-state index contributed by atoms with van der Waals surface area (Å²) >= 11 is 0. The minimum atomic E-state index is -0.368.